The quantitative estimate of drug-likeness (QED) is 0.750. The van der Waals surface area contributed by atoms with Crippen LogP contribution in [0.2, 0.25) is 0 Å². The van der Waals surface area contributed by atoms with E-state index in [2.05, 4.69) is 0 Å². The molecule has 7 heteroatoms. The first-order valence-corrected chi connectivity index (χ1v) is 8.26. The topological polar surface area (TPSA) is 48.0 Å². The minimum absolute atomic E-state index is 0.325. The molecule has 0 aromatic heterocycles. The summed E-state index contributed by atoms with van der Waals surface area (Å²) in [7, 11) is 4.52. The number of rotatable bonds is 5. The predicted molar refractivity (Wildman–Crippen MR) is 97.5 cm³/mol. The van der Waals surface area contributed by atoms with Crippen molar-refractivity contribution in [3.05, 3.63) is 53.1 Å². The van der Waals surface area contributed by atoms with Crippen LogP contribution in [0.25, 0.3) is 6.08 Å². The normalized spacial score (nSPS) is 13.0. The molecule has 0 N–H and O–H groups in total. The van der Waals surface area contributed by atoms with Crippen molar-refractivity contribution < 1.29 is 27.8 Å². The van der Waals surface area contributed by atoms with Crippen molar-refractivity contribution in [2.45, 2.75) is 6.42 Å². The molecule has 0 fully saturated rings. The average molecular weight is 375 g/mol. The van der Waals surface area contributed by atoms with Crippen LogP contribution in [0.3, 0.4) is 0 Å². The highest BCUT2D eigenvalue weighted by Gasteiger charge is 2.25. The first-order chi connectivity index (χ1) is 13.0. The van der Waals surface area contributed by atoms with Crippen LogP contribution >= 0.6 is 0 Å². The number of carbonyl (C=O) groups excluding carboxylic acids is 1. The van der Waals surface area contributed by atoms with E-state index in [1.165, 1.54) is 32.3 Å². The van der Waals surface area contributed by atoms with Gasteiger partial charge in [-0.1, -0.05) is 0 Å². The van der Waals surface area contributed by atoms with Crippen LogP contribution in [0.5, 0.6) is 17.2 Å². The van der Waals surface area contributed by atoms with E-state index in [4.69, 9.17) is 14.2 Å². The fourth-order valence-electron chi connectivity index (χ4n) is 3.07. The van der Waals surface area contributed by atoms with Gasteiger partial charge in [-0.15, -0.1) is 0 Å². The Morgan fingerprint density at radius 2 is 1.63 bits per heavy atom. The standard InChI is InChI=1S/C20H19F2NO4/c1-25-17-8-12(9-18(26-2)20(17)27-3)4-5-19(24)23-7-6-13-10-14(21)15(22)11-16(13)23/h4-5,8-11H,6-7H2,1-3H3/b5-4+. The van der Waals surface area contributed by atoms with E-state index in [-0.39, 0.29) is 5.91 Å². The second kappa shape index (κ2) is 7.65. The van der Waals surface area contributed by atoms with Crippen molar-refractivity contribution in [3.8, 4) is 17.2 Å². The lowest BCUT2D eigenvalue weighted by Gasteiger charge is -2.15. The number of benzene rings is 2. The zero-order chi connectivity index (χ0) is 19.6. The van der Waals surface area contributed by atoms with E-state index in [0.29, 0.717) is 47.0 Å². The lowest BCUT2D eigenvalue weighted by atomic mass is 10.1. The van der Waals surface area contributed by atoms with Crippen LogP contribution in [0, 0.1) is 11.6 Å². The average Bonchev–Trinajstić information content (AvgIpc) is 3.07. The second-order valence-electron chi connectivity index (χ2n) is 5.93. The highest BCUT2D eigenvalue weighted by molar-refractivity contribution is 6.05. The molecule has 142 valence electrons. The Balaban J connectivity index is 1.86. The summed E-state index contributed by atoms with van der Waals surface area (Å²) in [4.78, 5) is 14.0. The van der Waals surface area contributed by atoms with Gasteiger partial charge in [0.05, 0.1) is 27.0 Å². The third-order valence-electron chi connectivity index (χ3n) is 4.39. The van der Waals surface area contributed by atoms with Crippen LogP contribution in [0.4, 0.5) is 14.5 Å². The first kappa shape index (κ1) is 18.7. The van der Waals surface area contributed by atoms with E-state index >= 15 is 0 Å². The molecule has 2 aromatic carbocycles. The molecular formula is C20H19F2NO4. The molecule has 0 unspecified atom stereocenters. The van der Waals surface area contributed by atoms with Gasteiger partial charge in [-0.3, -0.25) is 4.79 Å². The Bertz CT molecular complexity index is 886. The molecule has 3 rings (SSSR count). The monoisotopic (exact) mass is 375 g/mol. The largest absolute Gasteiger partial charge is 0.493 e. The fraction of sp³-hybridized carbons (Fsp3) is 0.250. The van der Waals surface area contributed by atoms with Gasteiger partial charge in [0.1, 0.15) is 0 Å². The molecule has 1 heterocycles. The lowest BCUT2D eigenvalue weighted by Crippen LogP contribution is -2.26. The van der Waals surface area contributed by atoms with Crippen LogP contribution in [0.1, 0.15) is 11.1 Å². The molecule has 27 heavy (non-hydrogen) atoms. The number of hydrogen-bond donors (Lipinski definition) is 0. The zero-order valence-corrected chi connectivity index (χ0v) is 15.2. The van der Waals surface area contributed by atoms with Crippen molar-refractivity contribution in [3.63, 3.8) is 0 Å². The summed E-state index contributed by atoms with van der Waals surface area (Å²) in [6.45, 7) is 0.372. The van der Waals surface area contributed by atoms with Crippen molar-refractivity contribution in [2.75, 3.05) is 32.8 Å². The van der Waals surface area contributed by atoms with Gasteiger partial charge in [-0.2, -0.15) is 0 Å². The fourth-order valence-corrected chi connectivity index (χ4v) is 3.07. The molecule has 5 nitrogen and oxygen atoms in total. The Kier molecular flexibility index (Phi) is 5.30. The van der Waals surface area contributed by atoms with Gasteiger partial charge in [-0.25, -0.2) is 8.78 Å². The first-order valence-electron chi connectivity index (χ1n) is 8.26. The number of carbonyl (C=O) groups is 1. The van der Waals surface area contributed by atoms with Crippen molar-refractivity contribution in [1.82, 2.24) is 0 Å². The van der Waals surface area contributed by atoms with Gasteiger partial charge in [0.15, 0.2) is 23.1 Å². The third-order valence-corrected chi connectivity index (χ3v) is 4.39. The molecule has 2 aromatic rings. The molecule has 1 aliphatic rings. The Labute approximate surface area is 155 Å². The second-order valence-corrected chi connectivity index (χ2v) is 5.93. The summed E-state index contributed by atoms with van der Waals surface area (Å²) >= 11 is 0. The molecule has 0 radical (unpaired) electrons. The number of methoxy groups -OCH3 is 3. The lowest BCUT2D eigenvalue weighted by molar-refractivity contribution is -0.114. The Morgan fingerprint density at radius 3 is 2.22 bits per heavy atom. The predicted octanol–water partition coefficient (Wildman–Crippen LogP) is 3.59. The van der Waals surface area contributed by atoms with Gasteiger partial charge in [0.25, 0.3) is 5.91 Å². The molecule has 1 amide bonds. The number of amides is 1. The van der Waals surface area contributed by atoms with Gasteiger partial charge < -0.3 is 19.1 Å². The minimum Gasteiger partial charge on any atom is -0.493 e. The number of nitrogens with zero attached hydrogens (tertiary/aromatic N) is 1. The summed E-state index contributed by atoms with van der Waals surface area (Å²) in [6.07, 6.45) is 3.46. The molecule has 0 saturated heterocycles. The molecule has 0 spiro atoms. The van der Waals surface area contributed by atoms with E-state index in [1.807, 2.05) is 0 Å². The smallest absolute Gasteiger partial charge is 0.251 e. The van der Waals surface area contributed by atoms with Crippen LogP contribution in [-0.4, -0.2) is 33.8 Å². The maximum absolute atomic E-state index is 13.5. The molecule has 0 aliphatic carbocycles. The van der Waals surface area contributed by atoms with Crippen LogP contribution in [-0.2, 0) is 11.2 Å². The van der Waals surface area contributed by atoms with E-state index in [9.17, 15) is 13.6 Å². The summed E-state index contributed by atoms with van der Waals surface area (Å²) in [6, 6.07) is 5.61. The highest BCUT2D eigenvalue weighted by atomic mass is 19.2. The molecule has 0 atom stereocenters. The summed E-state index contributed by atoms with van der Waals surface area (Å²) in [5, 5.41) is 0. The number of fused-ring (bicyclic) bond motifs is 1. The SMILES string of the molecule is COc1cc(/C=C/C(=O)N2CCc3cc(F)c(F)cc32)cc(OC)c1OC. The van der Waals surface area contributed by atoms with Crippen molar-refractivity contribution in [1.29, 1.82) is 0 Å². The van der Waals surface area contributed by atoms with Crippen LogP contribution < -0.4 is 19.1 Å². The maximum atomic E-state index is 13.5. The Hall–Kier alpha value is -3.09. The van der Waals surface area contributed by atoms with Gasteiger partial charge in [0.2, 0.25) is 5.75 Å². The molecule has 0 saturated carbocycles. The third kappa shape index (κ3) is 3.58. The molecule has 0 bridgehead atoms. The Morgan fingerprint density at radius 1 is 1.00 bits per heavy atom. The van der Waals surface area contributed by atoms with E-state index in [1.54, 1.807) is 18.2 Å². The zero-order valence-electron chi connectivity index (χ0n) is 15.2. The number of anilines is 1. The number of hydrogen-bond acceptors (Lipinski definition) is 4. The van der Waals surface area contributed by atoms with E-state index < -0.39 is 11.6 Å². The minimum atomic E-state index is -0.970. The van der Waals surface area contributed by atoms with Crippen molar-refractivity contribution >= 4 is 17.7 Å². The highest BCUT2D eigenvalue weighted by Crippen LogP contribution is 2.38. The summed E-state index contributed by atoms with van der Waals surface area (Å²) in [5.74, 6) is -0.818. The van der Waals surface area contributed by atoms with Gasteiger partial charge in [-0.05, 0) is 41.8 Å². The summed E-state index contributed by atoms with van der Waals surface area (Å²) in [5.41, 5.74) is 1.68. The van der Waals surface area contributed by atoms with Crippen LogP contribution in [0.15, 0.2) is 30.3 Å². The number of halogens is 2. The van der Waals surface area contributed by atoms with Gasteiger partial charge in [0, 0.05) is 18.7 Å². The number of ether oxygens (including phenoxy) is 3. The summed E-state index contributed by atoms with van der Waals surface area (Å²) < 4.78 is 42.7. The molecular weight excluding hydrogens is 356 g/mol. The van der Waals surface area contributed by atoms with Gasteiger partial charge >= 0.3 is 0 Å². The van der Waals surface area contributed by atoms with Crippen molar-refractivity contribution in [2.24, 2.45) is 0 Å². The maximum Gasteiger partial charge on any atom is 0.251 e. The molecule has 1 aliphatic heterocycles. The van der Waals surface area contributed by atoms with E-state index in [0.717, 1.165) is 12.1 Å².